The van der Waals surface area contributed by atoms with E-state index in [-0.39, 0.29) is 17.5 Å². The molecule has 1 aliphatic carbocycles. The van der Waals surface area contributed by atoms with Crippen molar-refractivity contribution in [1.82, 2.24) is 19.7 Å². The zero-order valence-corrected chi connectivity index (χ0v) is 14.8. The number of benzene rings is 1. The third-order valence-electron chi connectivity index (χ3n) is 4.98. The van der Waals surface area contributed by atoms with Gasteiger partial charge in [-0.3, -0.25) is 9.59 Å². The lowest BCUT2D eigenvalue weighted by atomic mass is 9.95. The minimum atomic E-state index is -0.214. The molecule has 1 aromatic rings. The molecule has 0 spiro atoms. The maximum absolute atomic E-state index is 12.9. The van der Waals surface area contributed by atoms with Gasteiger partial charge in [-0.05, 0) is 25.0 Å². The third kappa shape index (κ3) is 3.03. The van der Waals surface area contributed by atoms with E-state index in [0.717, 1.165) is 25.7 Å². The van der Waals surface area contributed by atoms with E-state index in [0.29, 0.717) is 22.5 Å². The van der Waals surface area contributed by atoms with Gasteiger partial charge in [0.2, 0.25) is 0 Å². The number of aromatic nitrogens is 3. The number of pyridine rings is 1. The predicted molar refractivity (Wildman–Crippen MR) is 99.8 cm³/mol. The molecule has 2 heterocycles. The summed E-state index contributed by atoms with van der Waals surface area (Å²) in [6.45, 7) is 0. The summed E-state index contributed by atoms with van der Waals surface area (Å²) < 4.78 is 3.11. The van der Waals surface area contributed by atoms with Gasteiger partial charge in [-0.25, -0.2) is 0 Å². The summed E-state index contributed by atoms with van der Waals surface area (Å²) in [5.41, 5.74) is 1.82. The van der Waals surface area contributed by atoms with Gasteiger partial charge in [-0.2, -0.15) is 9.78 Å². The van der Waals surface area contributed by atoms with E-state index >= 15 is 0 Å². The highest BCUT2D eigenvalue weighted by Crippen LogP contribution is 2.23. The molecule has 1 N–H and O–H groups in total. The molecular weight excluding hydrogens is 328 g/mol. The summed E-state index contributed by atoms with van der Waals surface area (Å²) in [4.78, 5) is 25.7. The van der Waals surface area contributed by atoms with Crippen LogP contribution in [0.2, 0.25) is 0 Å². The summed E-state index contributed by atoms with van der Waals surface area (Å²) in [5.74, 6) is -0.157. The van der Waals surface area contributed by atoms with Crippen LogP contribution in [0.4, 0.5) is 0 Å². The lowest BCUT2D eigenvalue weighted by molar-refractivity contribution is 0.0927. The van der Waals surface area contributed by atoms with Crippen molar-refractivity contribution < 1.29 is 4.79 Å². The van der Waals surface area contributed by atoms with Crippen LogP contribution >= 0.6 is 0 Å². The monoisotopic (exact) mass is 350 g/mol. The van der Waals surface area contributed by atoms with Crippen LogP contribution in [0.25, 0.3) is 16.9 Å². The molecule has 6 nitrogen and oxygen atoms in total. The van der Waals surface area contributed by atoms with Crippen LogP contribution in [0, 0.1) is 0 Å². The van der Waals surface area contributed by atoms with E-state index in [1.165, 1.54) is 11.1 Å². The Balaban J connectivity index is 1.75. The van der Waals surface area contributed by atoms with Crippen molar-refractivity contribution in [3.8, 4) is 16.9 Å². The van der Waals surface area contributed by atoms with Crippen molar-refractivity contribution in [3.63, 3.8) is 0 Å². The first-order chi connectivity index (χ1) is 12.6. The van der Waals surface area contributed by atoms with Gasteiger partial charge in [0, 0.05) is 25.5 Å². The third-order valence-corrected chi connectivity index (χ3v) is 4.98. The second-order valence-electron chi connectivity index (χ2n) is 6.96. The quantitative estimate of drug-likeness (QED) is 0.790. The Morgan fingerprint density at radius 3 is 2.58 bits per heavy atom. The van der Waals surface area contributed by atoms with Crippen LogP contribution in [-0.2, 0) is 7.05 Å². The number of aryl methyl sites for hydroxylation is 1. The number of carbonyl (C=O) groups is 1. The SMILES string of the molecule is Cn1cc(C(=O)NC2CCCCC2)c2nn(-c3ccccc3)c(=O)c-2c1. The maximum atomic E-state index is 12.9. The number of nitrogens with one attached hydrogen (secondary N) is 1. The first-order valence-corrected chi connectivity index (χ1v) is 9.09. The van der Waals surface area contributed by atoms with Gasteiger partial charge in [-0.15, -0.1) is 0 Å². The van der Waals surface area contributed by atoms with Crippen LogP contribution in [0.3, 0.4) is 0 Å². The highest BCUT2D eigenvalue weighted by molar-refractivity contribution is 6.00. The highest BCUT2D eigenvalue weighted by Gasteiger charge is 2.25. The standard InChI is InChI=1S/C20H22N4O2/c1-23-12-16(19(25)21-14-8-4-2-5-9-14)18-17(13-23)20(26)24(22-18)15-10-6-3-7-11-15/h3,6-7,10-14H,2,4-5,8-9H2,1H3,(H,21,25). The number of para-hydroxylation sites is 1. The van der Waals surface area contributed by atoms with Crippen molar-refractivity contribution in [2.45, 2.75) is 38.1 Å². The zero-order valence-electron chi connectivity index (χ0n) is 14.8. The topological polar surface area (TPSA) is 68.9 Å². The Labute approximate surface area is 151 Å². The molecule has 3 aliphatic rings. The largest absolute Gasteiger partial charge is 0.356 e. The summed E-state index contributed by atoms with van der Waals surface area (Å²) in [6, 6.07) is 9.47. The van der Waals surface area contributed by atoms with E-state index in [1.807, 2.05) is 37.4 Å². The van der Waals surface area contributed by atoms with Gasteiger partial charge in [-0.1, -0.05) is 37.5 Å². The summed E-state index contributed by atoms with van der Waals surface area (Å²) in [7, 11) is 1.82. The Hall–Kier alpha value is -2.89. The fourth-order valence-corrected chi connectivity index (χ4v) is 3.66. The van der Waals surface area contributed by atoms with Crippen LogP contribution in [-0.4, -0.2) is 26.3 Å². The molecule has 1 saturated carbocycles. The number of hydrogen-bond donors (Lipinski definition) is 1. The lowest BCUT2D eigenvalue weighted by Gasteiger charge is -2.23. The zero-order chi connectivity index (χ0) is 18.1. The number of nitrogens with zero attached hydrogens (tertiary/aromatic N) is 3. The van der Waals surface area contributed by atoms with E-state index in [1.54, 1.807) is 17.0 Å². The average molecular weight is 350 g/mol. The van der Waals surface area contributed by atoms with E-state index in [2.05, 4.69) is 10.4 Å². The number of carbonyl (C=O) groups excluding carboxylic acids is 1. The van der Waals surface area contributed by atoms with Crippen LogP contribution in [0.5, 0.6) is 0 Å². The van der Waals surface area contributed by atoms with Gasteiger partial charge in [0.05, 0.1) is 16.8 Å². The molecule has 6 heteroatoms. The van der Waals surface area contributed by atoms with Gasteiger partial charge in [0.1, 0.15) is 5.69 Å². The Morgan fingerprint density at radius 2 is 1.85 bits per heavy atom. The molecule has 0 atom stereocenters. The second-order valence-corrected chi connectivity index (χ2v) is 6.96. The van der Waals surface area contributed by atoms with Crippen LogP contribution in [0.15, 0.2) is 47.5 Å². The Kier molecular flexibility index (Phi) is 4.32. The molecular formula is C20H22N4O2. The first-order valence-electron chi connectivity index (χ1n) is 9.09. The molecule has 0 aromatic heterocycles. The van der Waals surface area contributed by atoms with E-state index in [9.17, 15) is 9.59 Å². The second kappa shape index (κ2) is 6.78. The molecule has 2 aliphatic heterocycles. The molecule has 0 radical (unpaired) electrons. The van der Waals surface area contributed by atoms with Crippen molar-refractivity contribution >= 4 is 5.91 Å². The number of fused-ring (bicyclic) bond motifs is 1. The minimum absolute atomic E-state index is 0.157. The normalized spacial score (nSPS) is 15.3. The number of hydrogen-bond acceptors (Lipinski definition) is 3. The van der Waals surface area contributed by atoms with Gasteiger partial charge in [0.25, 0.3) is 11.5 Å². The molecule has 0 saturated heterocycles. The molecule has 4 rings (SSSR count). The van der Waals surface area contributed by atoms with Crippen molar-refractivity contribution in [1.29, 1.82) is 0 Å². The van der Waals surface area contributed by atoms with E-state index < -0.39 is 0 Å². The summed E-state index contributed by atoms with van der Waals surface area (Å²) in [5, 5.41) is 7.59. The van der Waals surface area contributed by atoms with Gasteiger partial charge < -0.3 is 9.88 Å². The smallest absolute Gasteiger partial charge is 0.282 e. The maximum Gasteiger partial charge on any atom is 0.282 e. The summed E-state index contributed by atoms with van der Waals surface area (Å²) in [6.07, 6.45) is 9.02. The lowest BCUT2D eigenvalue weighted by Crippen LogP contribution is -2.36. The fourth-order valence-electron chi connectivity index (χ4n) is 3.66. The van der Waals surface area contributed by atoms with Crippen molar-refractivity contribution in [3.05, 3.63) is 58.6 Å². The number of rotatable bonds is 3. The Bertz CT molecular complexity index is 952. The molecule has 0 bridgehead atoms. The molecule has 1 aromatic carbocycles. The van der Waals surface area contributed by atoms with Crippen LogP contribution < -0.4 is 10.9 Å². The number of amides is 1. The predicted octanol–water partition coefficient (Wildman–Crippen LogP) is 2.74. The molecule has 1 fully saturated rings. The van der Waals surface area contributed by atoms with E-state index in [4.69, 9.17) is 0 Å². The van der Waals surface area contributed by atoms with Crippen molar-refractivity contribution in [2.75, 3.05) is 0 Å². The molecule has 26 heavy (non-hydrogen) atoms. The van der Waals surface area contributed by atoms with Gasteiger partial charge >= 0.3 is 0 Å². The van der Waals surface area contributed by atoms with Crippen LogP contribution in [0.1, 0.15) is 42.5 Å². The average Bonchev–Trinajstić information content (AvgIpc) is 2.99. The summed E-state index contributed by atoms with van der Waals surface area (Å²) >= 11 is 0. The molecule has 0 unspecified atom stereocenters. The fraction of sp³-hybridized carbons (Fsp3) is 0.350. The highest BCUT2D eigenvalue weighted by atomic mass is 16.2. The van der Waals surface area contributed by atoms with Crippen molar-refractivity contribution in [2.24, 2.45) is 7.05 Å². The molecule has 1 amide bonds. The Morgan fingerprint density at radius 1 is 1.12 bits per heavy atom. The molecule has 134 valence electrons. The first kappa shape index (κ1) is 16.6. The minimum Gasteiger partial charge on any atom is -0.356 e. The van der Waals surface area contributed by atoms with Gasteiger partial charge in [0.15, 0.2) is 0 Å².